The predicted octanol–water partition coefficient (Wildman–Crippen LogP) is 4.93. The minimum absolute atomic E-state index is 0.139. The highest BCUT2D eigenvalue weighted by atomic mass is 19.2. The number of hydrogen-bond acceptors (Lipinski definition) is 9. The Labute approximate surface area is 214 Å². The molecule has 4 aromatic heterocycles. The van der Waals surface area contributed by atoms with Gasteiger partial charge in [-0.05, 0) is 27.7 Å². The summed E-state index contributed by atoms with van der Waals surface area (Å²) >= 11 is 0. The van der Waals surface area contributed by atoms with Crippen LogP contribution in [0, 0.1) is 68.1 Å². The number of nitriles is 1. The average molecular weight is 533 g/mol. The van der Waals surface area contributed by atoms with Gasteiger partial charge in [-0.25, -0.2) is 61.8 Å². The molecule has 0 aliphatic rings. The smallest absolute Gasteiger partial charge is 0.200 e. The molecule has 0 aliphatic carbocycles. The Morgan fingerprint density at radius 1 is 0.462 bits per heavy atom. The molecule has 0 saturated heterocycles. The van der Waals surface area contributed by atoms with Crippen molar-refractivity contribution in [1.29, 1.82) is 5.26 Å². The van der Waals surface area contributed by atoms with Crippen LogP contribution in [0.15, 0.2) is 0 Å². The summed E-state index contributed by atoms with van der Waals surface area (Å²) in [5, 5.41) is 9.62. The zero-order valence-corrected chi connectivity index (χ0v) is 20.4. The number of aryl methyl sites for hydroxylation is 4. The molecule has 14 heteroatoms. The molecule has 0 amide bonds. The first-order valence-corrected chi connectivity index (χ1v) is 11.2. The second kappa shape index (κ2) is 8.22. The molecule has 0 N–H and O–H groups in total. The minimum atomic E-state index is -2.35. The van der Waals surface area contributed by atoms with E-state index in [1.165, 1.54) is 0 Å². The van der Waals surface area contributed by atoms with Crippen LogP contribution in [-0.4, -0.2) is 39.9 Å². The highest BCUT2D eigenvalue weighted by molar-refractivity contribution is 6.18. The van der Waals surface area contributed by atoms with Crippen LogP contribution in [0.25, 0.3) is 55.7 Å². The Kier molecular flexibility index (Phi) is 5.12. The van der Waals surface area contributed by atoms with E-state index in [0.29, 0.717) is 39.3 Å². The van der Waals surface area contributed by atoms with Gasteiger partial charge < -0.3 is 0 Å². The third kappa shape index (κ3) is 3.36. The maximum Gasteiger partial charge on any atom is 0.200 e. The second-order valence-electron chi connectivity index (χ2n) is 8.73. The van der Waals surface area contributed by atoms with E-state index in [-0.39, 0.29) is 27.8 Å². The van der Waals surface area contributed by atoms with Gasteiger partial charge in [0.25, 0.3) is 0 Å². The third-order valence-electron chi connectivity index (χ3n) is 6.36. The lowest BCUT2D eigenvalue weighted by Crippen LogP contribution is -2.08. The molecule has 0 unspecified atom stereocenters. The summed E-state index contributed by atoms with van der Waals surface area (Å²) in [6.45, 7) is 7.04. The Bertz CT molecular complexity index is 2110. The van der Waals surface area contributed by atoms with E-state index in [1.54, 1.807) is 33.8 Å². The Balaban J connectivity index is 1.80. The average Bonchev–Trinajstić information content (AvgIpc) is 2.92. The van der Waals surface area contributed by atoms with Gasteiger partial charge in [-0.2, -0.15) is 5.26 Å². The van der Waals surface area contributed by atoms with Gasteiger partial charge in [0.15, 0.2) is 40.3 Å². The summed E-state index contributed by atoms with van der Waals surface area (Å²) in [4.78, 5) is 35.3. The molecule has 0 aliphatic heterocycles. The van der Waals surface area contributed by atoms with Crippen LogP contribution in [-0.2, 0) is 0 Å². The van der Waals surface area contributed by atoms with E-state index in [1.807, 2.05) is 0 Å². The summed E-state index contributed by atoms with van der Waals surface area (Å²) in [6, 6.07) is 1.58. The molecule has 0 atom stereocenters. The highest BCUT2D eigenvalue weighted by Gasteiger charge is 2.30. The van der Waals surface area contributed by atoms with Crippen LogP contribution in [0.5, 0.6) is 0 Å². The molecule has 192 valence electrons. The van der Waals surface area contributed by atoms with Crippen LogP contribution in [0.3, 0.4) is 0 Å². The predicted molar refractivity (Wildman–Crippen MR) is 128 cm³/mol. The molecular formula is C25H12F5N9. The Morgan fingerprint density at radius 2 is 0.795 bits per heavy atom. The van der Waals surface area contributed by atoms with Crippen LogP contribution in [0.2, 0.25) is 0 Å². The van der Waals surface area contributed by atoms with Crippen molar-refractivity contribution in [2.45, 2.75) is 27.7 Å². The molecule has 6 rings (SSSR count). The summed E-state index contributed by atoms with van der Waals surface area (Å²) in [5.74, 6) is -11.1. The molecule has 0 fully saturated rings. The minimum Gasteiger partial charge on any atom is -0.247 e. The lowest BCUT2D eigenvalue weighted by molar-refractivity contribution is 0.381. The Hall–Kier alpha value is -5.06. The van der Waals surface area contributed by atoms with Crippen LogP contribution < -0.4 is 0 Å². The first-order chi connectivity index (χ1) is 18.5. The van der Waals surface area contributed by atoms with E-state index in [4.69, 9.17) is 0 Å². The van der Waals surface area contributed by atoms with Crippen molar-refractivity contribution in [2.75, 3.05) is 0 Å². The van der Waals surface area contributed by atoms with Crippen molar-refractivity contribution >= 4 is 44.4 Å². The number of hydrogen-bond donors (Lipinski definition) is 0. The maximum absolute atomic E-state index is 14.6. The van der Waals surface area contributed by atoms with Gasteiger partial charge in [0.05, 0.1) is 28.3 Å². The second-order valence-corrected chi connectivity index (χ2v) is 8.73. The van der Waals surface area contributed by atoms with Crippen molar-refractivity contribution in [3.8, 4) is 17.3 Å². The van der Waals surface area contributed by atoms with Gasteiger partial charge in [-0.15, -0.1) is 0 Å². The van der Waals surface area contributed by atoms with Crippen LogP contribution in [0.1, 0.15) is 28.5 Å². The summed E-state index contributed by atoms with van der Waals surface area (Å²) in [7, 11) is 0. The Morgan fingerprint density at radius 3 is 1.18 bits per heavy atom. The first-order valence-electron chi connectivity index (χ1n) is 11.2. The number of halogens is 5. The van der Waals surface area contributed by atoms with Crippen molar-refractivity contribution < 1.29 is 22.0 Å². The fourth-order valence-corrected chi connectivity index (χ4v) is 4.15. The molecule has 0 bridgehead atoms. The molecule has 0 saturated carbocycles. The van der Waals surface area contributed by atoms with Crippen molar-refractivity contribution in [3.05, 3.63) is 57.6 Å². The fraction of sp³-hybridized carbons (Fsp3) is 0.160. The molecule has 39 heavy (non-hydrogen) atoms. The van der Waals surface area contributed by atoms with Crippen LogP contribution in [0.4, 0.5) is 22.0 Å². The highest BCUT2D eigenvalue weighted by Crippen LogP contribution is 2.34. The van der Waals surface area contributed by atoms with Crippen molar-refractivity contribution in [1.82, 2.24) is 39.9 Å². The van der Waals surface area contributed by atoms with Gasteiger partial charge in [-0.3, -0.25) is 0 Å². The van der Waals surface area contributed by atoms with E-state index >= 15 is 0 Å². The number of nitrogens with zero attached hydrogens (tertiary/aromatic N) is 9. The first kappa shape index (κ1) is 24.3. The summed E-state index contributed by atoms with van der Waals surface area (Å²) in [5.41, 5.74) is 0.557. The van der Waals surface area contributed by atoms with E-state index in [9.17, 15) is 27.2 Å². The topological polar surface area (TPSA) is 127 Å². The van der Waals surface area contributed by atoms with Gasteiger partial charge in [0.2, 0.25) is 5.82 Å². The number of aromatic nitrogens is 8. The lowest BCUT2D eigenvalue weighted by atomic mass is 10.1. The van der Waals surface area contributed by atoms with E-state index in [0.717, 1.165) is 0 Å². The number of rotatable bonds is 1. The normalized spacial score (nSPS) is 11.7. The lowest BCUT2D eigenvalue weighted by Gasteiger charge is -2.12. The molecule has 4 heterocycles. The third-order valence-corrected chi connectivity index (χ3v) is 6.36. The van der Waals surface area contributed by atoms with Gasteiger partial charge in [0, 0.05) is 0 Å². The monoisotopic (exact) mass is 533 g/mol. The maximum atomic E-state index is 14.6. The molecule has 2 aromatic carbocycles. The number of benzene rings is 2. The quantitative estimate of drug-likeness (QED) is 0.0951. The van der Waals surface area contributed by atoms with Crippen molar-refractivity contribution in [3.63, 3.8) is 0 Å². The van der Waals surface area contributed by atoms with E-state index in [2.05, 4.69) is 39.9 Å². The molecular weight excluding hydrogens is 521 g/mol. The standard InChI is InChI=1S/C25H12F5N9/c1-6-8(3)34-20-18(32-6)19-21(35-9(4)7(2)33-19)23-22(20)38-24-25(39-23)37-17(10(5-31)36-24)11-12(26)14(28)16(30)15(29)13(11)27/h1-4H3. The molecule has 0 radical (unpaired) electrons. The zero-order valence-electron chi connectivity index (χ0n) is 20.4. The van der Waals surface area contributed by atoms with E-state index < -0.39 is 46.0 Å². The van der Waals surface area contributed by atoms with Crippen LogP contribution >= 0.6 is 0 Å². The zero-order chi connectivity index (χ0) is 27.9. The number of fused-ring (bicyclic) bond motifs is 7. The largest absolute Gasteiger partial charge is 0.247 e. The summed E-state index contributed by atoms with van der Waals surface area (Å²) in [6.07, 6.45) is 0. The molecule has 0 spiro atoms. The van der Waals surface area contributed by atoms with Gasteiger partial charge in [0.1, 0.15) is 44.9 Å². The van der Waals surface area contributed by atoms with Crippen molar-refractivity contribution in [2.24, 2.45) is 0 Å². The molecule has 6 aromatic rings. The van der Waals surface area contributed by atoms with Gasteiger partial charge >= 0.3 is 0 Å². The fourth-order valence-electron chi connectivity index (χ4n) is 4.15. The van der Waals surface area contributed by atoms with Gasteiger partial charge in [-0.1, -0.05) is 0 Å². The molecule has 9 nitrogen and oxygen atoms in total. The SMILES string of the molecule is Cc1nc2c3nc(C)c(C)nc3c3nc4nc(-c5c(F)c(F)c(F)c(F)c5F)c(C#N)nc4nc3c2nc1C. The summed E-state index contributed by atoms with van der Waals surface area (Å²) < 4.78 is 70.8.